The smallest absolute Gasteiger partial charge is 0.240 e. The van der Waals surface area contributed by atoms with Gasteiger partial charge in [0.2, 0.25) is 21.9 Å². The lowest BCUT2D eigenvalue weighted by Gasteiger charge is -2.22. The fourth-order valence-corrected chi connectivity index (χ4v) is 4.99. The maximum atomic E-state index is 13.4. The molecule has 3 aromatic rings. The van der Waals surface area contributed by atoms with Crippen LogP contribution in [0.5, 0.6) is 5.88 Å². The van der Waals surface area contributed by atoms with Gasteiger partial charge in [0.25, 0.3) is 0 Å². The highest BCUT2D eigenvalue weighted by atomic mass is 35.5. The highest BCUT2D eigenvalue weighted by molar-refractivity contribution is 7.93. The fraction of sp³-hybridized carbons (Fsp3) is 0.476. The minimum Gasteiger partial charge on any atom is -0.481 e. The number of rotatable bonds is 10. The molecule has 2 unspecified atom stereocenters. The van der Waals surface area contributed by atoms with Gasteiger partial charge < -0.3 is 14.2 Å². The van der Waals surface area contributed by atoms with E-state index in [1.165, 1.54) is 33.5 Å². The average molecular weight is 524 g/mol. The maximum Gasteiger partial charge on any atom is 0.240 e. The van der Waals surface area contributed by atoms with E-state index in [-0.39, 0.29) is 17.7 Å². The molecule has 3 aromatic heterocycles. The highest BCUT2D eigenvalue weighted by Crippen LogP contribution is 2.28. The zero-order valence-corrected chi connectivity index (χ0v) is 21.0. The van der Waals surface area contributed by atoms with E-state index < -0.39 is 21.4 Å². The van der Waals surface area contributed by atoms with Crippen molar-refractivity contribution in [2.24, 2.45) is 5.92 Å². The molecular weight excluding hydrogens is 498 g/mol. The number of hydrogen-bond acceptors (Lipinski definition) is 10. The van der Waals surface area contributed by atoms with Gasteiger partial charge in [0, 0.05) is 44.6 Å². The third kappa shape index (κ3) is 5.69. The van der Waals surface area contributed by atoms with Crippen LogP contribution in [-0.2, 0) is 26.0 Å². The number of methoxy groups -OCH3 is 2. The zero-order valence-electron chi connectivity index (χ0n) is 19.5. The Morgan fingerprint density at radius 3 is 2.69 bits per heavy atom. The Morgan fingerprint density at radius 2 is 2.03 bits per heavy atom. The number of nitrogens with one attached hydrogen (secondary N) is 1. The monoisotopic (exact) mass is 523 g/mol. The summed E-state index contributed by atoms with van der Waals surface area (Å²) >= 11 is 5.86. The van der Waals surface area contributed by atoms with E-state index in [9.17, 15) is 8.42 Å². The van der Waals surface area contributed by atoms with Crippen LogP contribution in [0.2, 0.25) is 5.02 Å². The molecule has 0 aliphatic carbocycles. The minimum absolute atomic E-state index is 0.0650. The fourth-order valence-electron chi connectivity index (χ4n) is 3.74. The van der Waals surface area contributed by atoms with Gasteiger partial charge in [0.15, 0.2) is 11.6 Å². The molecule has 0 saturated carbocycles. The lowest BCUT2D eigenvalue weighted by Crippen LogP contribution is -2.33. The molecule has 0 radical (unpaired) electrons. The Labute approximate surface area is 208 Å². The third-order valence-electron chi connectivity index (χ3n) is 5.68. The summed E-state index contributed by atoms with van der Waals surface area (Å²) in [5, 5.41) is 7.65. The van der Waals surface area contributed by atoms with Crippen molar-refractivity contribution in [3.63, 3.8) is 0 Å². The van der Waals surface area contributed by atoms with Crippen LogP contribution in [0.15, 0.2) is 30.6 Å². The molecule has 0 amide bonds. The first-order valence-corrected chi connectivity index (χ1v) is 12.8. The molecular formula is C21H26ClN7O5S. The standard InChI is InChI=1S/C21H26ClN7O5S/c1-13(18(33-3)19-23-9-15(22)10-24-19)35(30,31)28-21-27-26-20(16-5-4-6-17(25-16)32-2)29(21)11-14-7-8-34-12-14/h4-6,9-10,13-14,18H,7-8,11-12H2,1-3H3,(H,27,28)/t13?,14-,18?/m0/s1. The molecule has 14 heteroatoms. The number of ether oxygens (including phenoxy) is 3. The quantitative estimate of drug-likeness (QED) is 0.420. The predicted molar refractivity (Wildman–Crippen MR) is 128 cm³/mol. The number of anilines is 1. The summed E-state index contributed by atoms with van der Waals surface area (Å²) in [6, 6.07) is 5.25. The number of pyridine rings is 1. The largest absolute Gasteiger partial charge is 0.481 e. The van der Waals surface area contributed by atoms with E-state index in [1.54, 1.807) is 22.8 Å². The van der Waals surface area contributed by atoms with Crippen molar-refractivity contribution in [3.8, 4) is 17.4 Å². The average Bonchev–Trinajstić information content (AvgIpc) is 3.51. The number of hydrogen-bond donors (Lipinski definition) is 1. The van der Waals surface area contributed by atoms with Crippen LogP contribution in [0.25, 0.3) is 11.5 Å². The third-order valence-corrected chi connectivity index (χ3v) is 7.56. The molecule has 35 heavy (non-hydrogen) atoms. The van der Waals surface area contributed by atoms with Gasteiger partial charge in [-0.25, -0.2) is 23.4 Å². The first kappa shape index (κ1) is 25.2. The second-order valence-corrected chi connectivity index (χ2v) is 10.5. The van der Waals surface area contributed by atoms with Gasteiger partial charge in [-0.1, -0.05) is 17.7 Å². The van der Waals surface area contributed by atoms with Crippen molar-refractivity contribution in [3.05, 3.63) is 41.4 Å². The van der Waals surface area contributed by atoms with Gasteiger partial charge in [0.05, 0.1) is 18.7 Å². The molecule has 4 heterocycles. The van der Waals surface area contributed by atoms with Crippen LogP contribution in [0, 0.1) is 5.92 Å². The first-order valence-electron chi connectivity index (χ1n) is 10.9. The molecule has 1 aliphatic rings. The number of halogens is 1. The van der Waals surface area contributed by atoms with Crippen LogP contribution in [0.3, 0.4) is 0 Å². The lowest BCUT2D eigenvalue weighted by molar-refractivity contribution is 0.0950. The summed E-state index contributed by atoms with van der Waals surface area (Å²) in [4.78, 5) is 12.6. The van der Waals surface area contributed by atoms with Crippen molar-refractivity contribution in [2.75, 3.05) is 32.2 Å². The normalized spacial score (nSPS) is 17.8. The molecule has 1 saturated heterocycles. The van der Waals surface area contributed by atoms with Gasteiger partial charge in [-0.05, 0) is 19.4 Å². The first-order chi connectivity index (χ1) is 16.8. The topological polar surface area (TPSA) is 143 Å². The summed E-state index contributed by atoms with van der Waals surface area (Å²) in [7, 11) is -1.10. The SMILES string of the molecule is COc1cccc(-c2nnc(NS(=O)(=O)C(C)C(OC)c3ncc(Cl)cn3)n2C[C@@H]2CCOC2)n1. The lowest BCUT2D eigenvalue weighted by atomic mass is 10.1. The van der Waals surface area contributed by atoms with Crippen molar-refractivity contribution >= 4 is 27.6 Å². The molecule has 1 fully saturated rings. The van der Waals surface area contributed by atoms with E-state index >= 15 is 0 Å². The van der Waals surface area contributed by atoms with Crippen LogP contribution >= 0.6 is 11.6 Å². The van der Waals surface area contributed by atoms with E-state index in [2.05, 4.69) is 29.9 Å². The Bertz CT molecular complexity index is 1250. The summed E-state index contributed by atoms with van der Waals surface area (Å²) in [6.45, 7) is 3.16. The van der Waals surface area contributed by atoms with Crippen LogP contribution in [-0.4, -0.2) is 70.8 Å². The summed E-state index contributed by atoms with van der Waals surface area (Å²) in [5.74, 6) is 1.24. The molecule has 0 aromatic carbocycles. The maximum absolute atomic E-state index is 13.4. The number of aromatic nitrogens is 6. The molecule has 1 N–H and O–H groups in total. The molecule has 12 nitrogen and oxygen atoms in total. The van der Waals surface area contributed by atoms with E-state index in [0.717, 1.165) is 6.42 Å². The Hall–Kier alpha value is -2.87. The van der Waals surface area contributed by atoms with Crippen molar-refractivity contribution < 1.29 is 22.6 Å². The Kier molecular flexibility index (Phi) is 7.79. The highest BCUT2D eigenvalue weighted by Gasteiger charge is 2.34. The van der Waals surface area contributed by atoms with E-state index in [0.29, 0.717) is 42.2 Å². The van der Waals surface area contributed by atoms with E-state index in [1.807, 2.05) is 0 Å². The van der Waals surface area contributed by atoms with Gasteiger partial charge in [-0.2, -0.15) is 0 Å². The van der Waals surface area contributed by atoms with Gasteiger partial charge in [-0.3, -0.25) is 9.29 Å². The van der Waals surface area contributed by atoms with Crippen LogP contribution in [0.1, 0.15) is 25.3 Å². The van der Waals surface area contributed by atoms with E-state index in [4.69, 9.17) is 25.8 Å². The predicted octanol–water partition coefficient (Wildman–Crippen LogP) is 2.35. The van der Waals surface area contributed by atoms with Crippen LogP contribution in [0.4, 0.5) is 5.95 Å². The molecule has 0 spiro atoms. The minimum atomic E-state index is -4.01. The molecule has 0 bridgehead atoms. The molecule has 188 valence electrons. The van der Waals surface area contributed by atoms with Crippen molar-refractivity contribution in [2.45, 2.75) is 31.2 Å². The second-order valence-electron chi connectivity index (χ2n) is 8.02. The van der Waals surface area contributed by atoms with Gasteiger partial charge in [0.1, 0.15) is 17.0 Å². The Morgan fingerprint density at radius 1 is 1.26 bits per heavy atom. The summed E-state index contributed by atoms with van der Waals surface area (Å²) in [5.41, 5.74) is 0.499. The van der Waals surface area contributed by atoms with Crippen molar-refractivity contribution in [1.82, 2.24) is 29.7 Å². The van der Waals surface area contributed by atoms with Gasteiger partial charge in [-0.15, -0.1) is 10.2 Å². The molecule has 1 aliphatic heterocycles. The van der Waals surface area contributed by atoms with Gasteiger partial charge >= 0.3 is 0 Å². The second kappa shape index (κ2) is 10.8. The summed E-state index contributed by atoms with van der Waals surface area (Å²) < 4.78 is 47.2. The molecule has 4 rings (SSSR count). The van der Waals surface area contributed by atoms with Crippen molar-refractivity contribution in [1.29, 1.82) is 0 Å². The zero-order chi connectivity index (χ0) is 25.0. The van der Waals surface area contributed by atoms with Crippen LogP contribution < -0.4 is 9.46 Å². The number of nitrogens with zero attached hydrogens (tertiary/aromatic N) is 6. The Balaban J connectivity index is 1.66. The summed E-state index contributed by atoms with van der Waals surface area (Å²) in [6.07, 6.45) is 2.67. The molecule has 3 atom stereocenters. The number of sulfonamides is 1.